The van der Waals surface area contributed by atoms with Gasteiger partial charge in [0.1, 0.15) is 5.60 Å². The lowest BCUT2D eigenvalue weighted by atomic mass is 9.89. The van der Waals surface area contributed by atoms with Crippen LogP contribution in [-0.2, 0) is 9.53 Å². The van der Waals surface area contributed by atoms with E-state index in [-0.39, 0.29) is 11.6 Å². The van der Waals surface area contributed by atoms with E-state index in [0.29, 0.717) is 5.92 Å². The third kappa shape index (κ3) is 2.37. The molecule has 1 aliphatic rings. The Balaban J connectivity index is 2.60. The highest BCUT2D eigenvalue weighted by Crippen LogP contribution is 2.41. The van der Waals surface area contributed by atoms with Gasteiger partial charge in [-0.1, -0.05) is 19.9 Å². The van der Waals surface area contributed by atoms with E-state index in [4.69, 9.17) is 4.74 Å². The van der Waals surface area contributed by atoms with Gasteiger partial charge >= 0.3 is 5.97 Å². The lowest BCUT2D eigenvalue weighted by Gasteiger charge is -2.30. The van der Waals surface area contributed by atoms with Crippen molar-refractivity contribution in [2.75, 3.05) is 0 Å². The molecular formula is C12H20O2. The molecule has 0 radical (unpaired) electrons. The average molecular weight is 196 g/mol. The number of rotatable bonds is 4. The highest BCUT2D eigenvalue weighted by atomic mass is 16.6. The maximum Gasteiger partial charge on any atom is 0.330 e. The van der Waals surface area contributed by atoms with Crippen molar-refractivity contribution < 1.29 is 9.53 Å². The van der Waals surface area contributed by atoms with Crippen molar-refractivity contribution in [1.82, 2.24) is 0 Å². The fourth-order valence-electron chi connectivity index (χ4n) is 2.41. The summed E-state index contributed by atoms with van der Waals surface area (Å²) in [6.07, 6.45) is 6.93. The van der Waals surface area contributed by atoms with Gasteiger partial charge in [0.15, 0.2) is 0 Å². The van der Waals surface area contributed by atoms with Crippen LogP contribution in [0.5, 0.6) is 0 Å². The molecular weight excluding hydrogens is 176 g/mol. The number of hydrogen-bond donors (Lipinski definition) is 0. The van der Waals surface area contributed by atoms with E-state index in [9.17, 15) is 4.79 Å². The van der Waals surface area contributed by atoms with Crippen molar-refractivity contribution >= 4 is 5.97 Å². The summed E-state index contributed by atoms with van der Waals surface area (Å²) in [6.45, 7) is 7.66. The van der Waals surface area contributed by atoms with Crippen molar-refractivity contribution in [2.45, 2.75) is 51.6 Å². The Morgan fingerprint density at radius 1 is 1.71 bits per heavy atom. The summed E-state index contributed by atoms with van der Waals surface area (Å²) in [7, 11) is 0. The zero-order chi connectivity index (χ0) is 10.6. The SMILES string of the molecule is C=CC(=O)OC1(C)CCCC1CCC. The lowest BCUT2D eigenvalue weighted by Crippen LogP contribution is -2.35. The standard InChI is InChI=1S/C12H20O2/c1-4-7-10-8-6-9-12(10,3)14-11(13)5-2/h5,10H,2,4,6-9H2,1,3H3. The van der Waals surface area contributed by atoms with Crippen LogP contribution in [0.2, 0.25) is 0 Å². The molecule has 0 amide bonds. The molecule has 0 saturated heterocycles. The second kappa shape index (κ2) is 4.63. The molecule has 1 aliphatic carbocycles. The summed E-state index contributed by atoms with van der Waals surface area (Å²) in [5.74, 6) is 0.256. The Labute approximate surface area is 86.3 Å². The summed E-state index contributed by atoms with van der Waals surface area (Å²) < 4.78 is 5.46. The van der Waals surface area contributed by atoms with Crippen LogP contribution in [0.25, 0.3) is 0 Å². The molecule has 0 aliphatic heterocycles. The van der Waals surface area contributed by atoms with E-state index in [1.807, 2.05) is 0 Å². The summed E-state index contributed by atoms with van der Waals surface area (Å²) in [4.78, 5) is 11.2. The number of carbonyl (C=O) groups excluding carboxylic acids is 1. The highest BCUT2D eigenvalue weighted by Gasteiger charge is 2.40. The molecule has 0 spiro atoms. The Kier molecular flexibility index (Phi) is 3.73. The minimum atomic E-state index is -0.282. The highest BCUT2D eigenvalue weighted by molar-refractivity contribution is 5.81. The summed E-state index contributed by atoms with van der Waals surface area (Å²) in [5, 5.41) is 0. The largest absolute Gasteiger partial charge is 0.456 e. The zero-order valence-electron chi connectivity index (χ0n) is 9.21. The summed E-state index contributed by atoms with van der Waals surface area (Å²) >= 11 is 0. The van der Waals surface area contributed by atoms with Crippen molar-refractivity contribution in [3.8, 4) is 0 Å². The van der Waals surface area contributed by atoms with Crippen molar-refractivity contribution in [2.24, 2.45) is 5.92 Å². The minimum Gasteiger partial charge on any atom is -0.456 e. The van der Waals surface area contributed by atoms with E-state index < -0.39 is 0 Å². The minimum absolute atomic E-state index is 0.235. The van der Waals surface area contributed by atoms with Gasteiger partial charge in [0.25, 0.3) is 0 Å². The Bertz CT molecular complexity index is 222. The van der Waals surface area contributed by atoms with Gasteiger partial charge in [-0.3, -0.25) is 0 Å². The summed E-state index contributed by atoms with van der Waals surface area (Å²) in [5.41, 5.74) is -0.235. The Hall–Kier alpha value is -0.790. The number of ether oxygens (including phenoxy) is 1. The molecule has 0 aromatic heterocycles. The molecule has 1 rings (SSSR count). The van der Waals surface area contributed by atoms with E-state index in [2.05, 4.69) is 20.4 Å². The molecule has 14 heavy (non-hydrogen) atoms. The van der Waals surface area contributed by atoms with Gasteiger partial charge in [0.05, 0.1) is 0 Å². The van der Waals surface area contributed by atoms with Crippen LogP contribution in [-0.4, -0.2) is 11.6 Å². The van der Waals surface area contributed by atoms with Gasteiger partial charge in [-0.05, 0) is 38.5 Å². The maximum atomic E-state index is 11.2. The first kappa shape index (κ1) is 11.3. The second-order valence-corrected chi connectivity index (χ2v) is 4.32. The van der Waals surface area contributed by atoms with Crippen molar-refractivity contribution in [1.29, 1.82) is 0 Å². The number of hydrogen-bond acceptors (Lipinski definition) is 2. The topological polar surface area (TPSA) is 26.3 Å². The van der Waals surface area contributed by atoms with E-state index in [0.717, 1.165) is 19.3 Å². The third-order valence-electron chi connectivity index (χ3n) is 3.23. The second-order valence-electron chi connectivity index (χ2n) is 4.32. The molecule has 80 valence electrons. The molecule has 0 aromatic rings. The van der Waals surface area contributed by atoms with Crippen molar-refractivity contribution in [3.05, 3.63) is 12.7 Å². The van der Waals surface area contributed by atoms with Gasteiger partial charge in [-0.15, -0.1) is 0 Å². The molecule has 2 nitrogen and oxygen atoms in total. The first-order valence-corrected chi connectivity index (χ1v) is 5.48. The van der Waals surface area contributed by atoms with Crippen molar-refractivity contribution in [3.63, 3.8) is 0 Å². The third-order valence-corrected chi connectivity index (χ3v) is 3.23. The first-order valence-electron chi connectivity index (χ1n) is 5.48. The first-order chi connectivity index (χ1) is 6.62. The predicted octanol–water partition coefficient (Wildman–Crippen LogP) is 3.07. The number of esters is 1. The van der Waals surface area contributed by atoms with Crippen LogP contribution in [0, 0.1) is 5.92 Å². The number of carbonyl (C=O) groups is 1. The quantitative estimate of drug-likeness (QED) is 0.510. The van der Waals surface area contributed by atoms with Gasteiger partial charge in [-0.25, -0.2) is 4.79 Å². The molecule has 2 heteroatoms. The van der Waals surface area contributed by atoms with E-state index >= 15 is 0 Å². The van der Waals surface area contributed by atoms with Crippen LogP contribution in [0.3, 0.4) is 0 Å². The van der Waals surface area contributed by atoms with Gasteiger partial charge in [0, 0.05) is 6.08 Å². The van der Waals surface area contributed by atoms with Crippen LogP contribution in [0.15, 0.2) is 12.7 Å². The van der Waals surface area contributed by atoms with E-state index in [1.165, 1.54) is 18.9 Å². The van der Waals surface area contributed by atoms with Gasteiger partial charge in [-0.2, -0.15) is 0 Å². The van der Waals surface area contributed by atoms with Crippen LogP contribution < -0.4 is 0 Å². The Morgan fingerprint density at radius 3 is 3.00 bits per heavy atom. The van der Waals surface area contributed by atoms with Gasteiger partial charge < -0.3 is 4.74 Å². The molecule has 0 aromatic carbocycles. The lowest BCUT2D eigenvalue weighted by molar-refractivity contribution is -0.155. The fraction of sp³-hybridized carbons (Fsp3) is 0.750. The predicted molar refractivity (Wildman–Crippen MR) is 56.9 cm³/mol. The average Bonchev–Trinajstić information content (AvgIpc) is 2.48. The zero-order valence-corrected chi connectivity index (χ0v) is 9.21. The van der Waals surface area contributed by atoms with Gasteiger partial charge in [0.2, 0.25) is 0 Å². The molecule has 2 atom stereocenters. The van der Waals surface area contributed by atoms with Crippen LogP contribution in [0.4, 0.5) is 0 Å². The molecule has 1 fully saturated rings. The maximum absolute atomic E-state index is 11.2. The molecule has 0 heterocycles. The van der Waals surface area contributed by atoms with E-state index in [1.54, 1.807) is 0 Å². The smallest absolute Gasteiger partial charge is 0.330 e. The Morgan fingerprint density at radius 2 is 2.43 bits per heavy atom. The fourth-order valence-corrected chi connectivity index (χ4v) is 2.41. The van der Waals surface area contributed by atoms with Crippen LogP contribution in [0.1, 0.15) is 46.0 Å². The summed E-state index contributed by atoms with van der Waals surface area (Å²) in [6, 6.07) is 0. The normalized spacial score (nSPS) is 31.4. The monoisotopic (exact) mass is 196 g/mol. The van der Waals surface area contributed by atoms with Crippen LogP contribution >= 0.6 is 0 Å². The molecule has 0 bridgehead atoms. The molecule has 0 N–H and O–H groups in total. The molecule has 1 saturated carbocycles. The molecule has 2 unspecified atom stereocenters.